The highest BCUT2D eigenvalue weighted by Crippen LogP contribution is 2.15. The van der Waals surface area contributed by atoms with Gasteiger partial charge in [0, 0.05) is 30.7 Å². The van der Waals surface area contributed by atoms with E-state index < -0.39 is 10.0 Å². The van der Waals surface area contributed by atoms with Crippen LogP contribution in [0.4, 0.5) is 5.13 Å². The smallest absolute Gasteiger partial charge is 0.240 e. The summed E-state index contributed by atoms with van der Waals surface area (Å²) in [6, 6.07) is 6.80. The van der Waals surface area contributed by atoms with Gasteiger partial charge in [0.1, 0.15) is 0 Å². The Morgan fingerprint density at radius 2 is 1.96 bits per heavy atom. The lowest BCUT2D eigenvalue weighted by atomic mass is 10.2. The number of halogens is 1. The lowest BCUT2D eigenvalue weighted by Gasteiger charge is -2.15. The topological polar surface area (TPSA) is 88.3 Å². The summed E-state index contributed by atoms with van der Waals surface area (Å²) < 4.78 is 26.9. The van der Waals surface area contributed by atoms with Crippen LogP contribution in [-0.4, -0.2) is 38.4 Å². The van der Waals surface area contributed by atoms with Crippen LogP contribution in [0.25, 0.3) is 0 Å². The minimum absolute atomic E-state index is 0. The summed E-state index contributed by atoms with van der Waals surface area (Å²) in [6.45, 7) is 3.57. The third kappa shape index (κ3) is 6.08. The first-order chi connectivity index (χ1) is 10.4. The van der Waals surface area contributed by atoms with E-state index in [-0.39, 0.29) is 17.3 Å². The molecule has 0 spiro atoms. The van der Waals surface area contributed by atoms with Gasteiger partial charge in [0.05, 0.1) is 4.90 Å². The number of nitrogen functional groups attached to an aromatic ring is 1. The summed E-state index contributed by atoms with van der Waals surface area (Å²) in [5.74, 6) is 0. The van der Waals surface area contributed by atoms with Crippen molar-refractivity contribution in [1.29, 1.82) is 0 Å². The molecule has 0 saturated heterocycles. The quantitative estimate of drug-likeness (QED) is 0.770. The number of benzene rings is 1. The van der Waals surface area contributed by atoms with Gasteiger partial charge in [-0.15, -0.1) is 23.7 Å². The number of likely N-dealkylation sites (N-methyl/N-ethyl adjacent to an activating group) is 1. The molecule has 0 atom stereocenters. The average molecular weight is 377 g/mol. The molecule has 0 aliphatic carbocycles. The van der Waals surface area contributed by atoms with Crippen molar-refractivity contribution in [2.24, 2.45) is 0 Å². The number of hydrogen-bond acceptors (Lipinski definition) is 6. The SMILES string of the molecule is Cc1ccc(S(=O)(=O)NCCN(C)Cc2cnc(N)s2)cc1.Cl. The average Bonchev–Trinajstić information content (AvgIpc) is 2.84. The van der Waals surface area contributed by atoms with Gasteiger partial charge in [-0.25, -0.2) is 18.1 Å². The Kier molecular flexibility index (Phi) is 7.43. The highest BCUT2D eigenvalue weighted by Gasteiger charge is 2.13. The van der Waals surface area contributed by atoms with Gasteiger partial charge in [-0.3, -0.25) is 4.90 Å². The fraction of sp³-hybridized carbons (Fsp3) is 0.357. The molecule has 1 aromatic heterocycles. The molecule has 23 heavy (non-hydrogen) atoms. The van der Waals surface area contributed by atoms with Gasteiger partial charge in [-0.05, 0) is 26.1 Å². The van der Waals surface area contributed by atoms with Crippen molar-refractivity contribution < 1.29 is 8.42 Å². The Balaban J connectivity index is 0.00000264. The minimum atomic E-state index is -3.45. The Morgan fingerprint density at radius 3 is 2.52 bits per heavy atom. The zero-order valence-electron chi connectivity index (χ0n) is 13.0. The number of nitrogens with zero attached hydrogens (tertiary/aromatic N) is 2. The maximum Gasteiger partial charge on any atom is 0.240 e. The van der Waals surface area contributed by atoms with Gasteiger partial charge in [0.2, 0.25) is 10.0 Å². The summed E-state index contributed by atoms with van der Waals surface area (Å²) in [7, 11) is -1.52. The first kappa shape index (κ1) is 19.9. The second-order valence-corrected chi connectivity index (χ2v) is 8.03. The Hall–Kier alpha value is -1.19. The molecule has 0 amide bonds. The molecule has 0 saturated carbocycles. The Labute approximate surface area is 147 Å². The summed E-state index contributed by atoms with van der Waals surface area (Å²) in [4.78, 5) is 7.36. The normalized spacial score (nSPS) is 11.4. The van der Waals surface area contributed by atoms with Crippen LogP contribution in [0.3, 0.4) is 0 Å². The zero-order valence-corrected chi connectivity index (χ0v) is 15.5. The predicted octanol–water partition coefficient (Wildman–Crippen LogP) is 1.87. The van der Waals surface area contributed by atoms with Crippen molar-refractivity contribution in [3.05, 3.63) is 40.9 Å². The number of nitrogens with two attached hydrogens (primary N) is 1. The summed E-state index contributed by atoms with van der Waals surface area (Å²) in [5.41, 5.74) is 6.61. The zero-order chi connectivity index (χ0) is 16.2. The number of sulfonamides is 1. The summed E-state index contributed by atoms with van der Waals surface area (Å²) in [6.07, 6.45) is 1.74. The van der Waals surface area contributed by atoms with Crippen LogP contribution in [0.1, 0.15) is 10.4 Å². The van der Waals surface area contributed by atoms with Crippen LogP contribution in [-0.2, 0) is 16.6 Å². The first-order valence-electron chi connectivity index (χ1n) is 6.82. The molecule has 0 fully saturated rings. The molecule has 128 valence electrons. The maximum absolute atomic E-state index is 12.1. The van der Waals surface area contributed by atoms with Gasteiger partial charge in [0.25, 0.3) is 0 Å². The monoisotopic (exact) mass is 376 g/mol. The highest BCUT2D eigenvalue weighted by atomic mass is 35.5. The molecule has 2 rings (SSSR count). The molecule has 1 aromatic carbocycles. The van der Waals surface area contributed by atoms with E-state index in [1.165, 1.54) is 11.3 Å². The first-order valence-corrected chi connectivity index (χ1v) is 9.12. The van der Waals surface area contributed by atoms with Crippen molar-refractivity contribution >= 4 is 38.9 Å². The summed E-state index contributed by atoms with van der Waals surface area (Å²) >= 11 is 1.44. The van der Waals surface area contributed by atoms with Gasteiger partial charge in [-0.1, -0.05) is 17.7 Å². The molecule has 0 aliphatic heterocycles. The number of aryl methyl sites for hydroxylation is 1. The molecule has 6 nitrogen and oxygen atoms in total. The minimum Gasteiger partial charge on any atom is -0.375 e. The van der Waals surface area contributed by atoms with E-state index in [9.17, 15) is 8.42 Å². The number of thiazole rings is 1. The van der Waals surface area contributed by atoms with E-state index in [0.29, 0.717) is 24.8 Å². The standard InChI is InChI=1S/C14H20N4O2S2.ClH/c1-11-3-5-13(6-4-11)22(19,20)17-7-8-18(2)10-12-9-16-14(15)21-12;/h3-6,9,17H,7-8,10H2,1-2H3,(H2,15,16);1H. The van der Waals surface area contributed by atoms with Crippen molar-refractivity contribution in [1.82, 2.24) is 14.6 Å². The van der Waals surface area contributed by atoms with E-state index in [2.05, 4.69) is 9.71 Å². The fourth-order valence-electron chi connectivity index (χ4n) is 1.91. The third-order valence-corrected chi connectivity index (χ3v) is 5.40. The number of rotatable bonds is 7. The van der Waals surface area contributed by atoms with Crippen LogP contribution in [0.15, 0.2) is 35.4 Å². The number of anilines is 1. The molecule has 0 aliphatic rings. The molecule has 0 radical (unpaired) electrons. The van der Waals surface area contributed by atoms with Gasteiger partial charge in [0.15, 0.2) is 5.13 Å². The van der Waals surface area contributed by atoms with Gasteiger partial charge >= 0.3 is 0 Å². The molecule has 0 bridgehead atoms. The third-order valence-electron chi connectivity index (χ3n) is 3.11. The molecule has 3 N–H and O–H groups in total. The van der Waals surface area contributed by atoms with Crippen LogP contribution in [0.2, 0.25) is 0 Å². The molecule has 1 heterocycles. The second-order valence-electron chi connectivity index (χ2n) is 5.11. The van der Waals surface area contributed by atoms with Crippen LogP contribution >= 0.6 is 23.7 Å². The van der Waals surface area contributed by atoms with E-state index in [1.54, 1.807) is 30.5 Å². The second kappa shape index (κ2) is 8.60. The molecule has 0 unspecified atom stereocenters. The van der Waals surface area contributed by atoms with Crippen molar-refractivity contribution in [3.8, 4) is 0 Å². The van der Waals surface area contributed by atoms with E-state index in [0.717, 1.165) is 10.4 Å². The van der Waals surface area contributed by atoms with Crippen molar-refractivity contribution in [2.75, 3.05) is 25.9 Å². The lowest BCUT2D eigenvalue weighted by molar-refractivity contribution is 0.334. The molecule has 9 heteroatoms. The van der Waals surface area contributed by atoms with Crippen molar-refractivity contribution in [3.63, 3.8) is 0 Å². The summed E-state index contributed by atoms with van der Waals surface area (Å²) in [5, 5.41) is 0.545. The van der Waals surface area contributed by atoms with Gasteiger partial charge < -0.3 is 5.73 Å². The van der Waals surface area contributed by atoms with Crippen LogP contribution in [0, 0.1) is 6.92 Å². The maximum atomic E-state index is 12.1. The van der Waals surface area contributed by atoms with E-state index in [4.69, 9.17) is 5.73 Å². The Bertz CT molecular complexity index is 717. The Morgan fingerprint density at radius 1 is 1.30 bits per heavy atom. The number of aromatic nitrogens is 1. The molecule has 2 aromatic rings. The molecular formula is C14H21ClN4O2S2. The van der Waals surface area contributed by atoms with E-state index in [1.807, 2.05) is 18.9 Å². The predicted molar refractivity (Wildman–Crippen MR) is 96.5 cm³/mol. The van der Waals surface area contributed by atoms with E-state index >= 15 is 0 Å². The van der Waals surface area contributed by atoms with Crippen LogP contribution < -0.4 is 10.5 Å². The van der Waals surface area contributed by atoms with Crippen molar-refractivity contribution in [2.45, 2.75) is 18.4 Å². The largest absolute Gasteiger partial charge is 0.375 e. The van der Waals surface area contributed by atoms with Gasteiger partial charge in [-0.2, -0.15) is 0 Å². The number of nitrogens with one attached hydrogen (secondary N) is 1. The highest BCUT2D eigenvalue weighted by molar-refractivity contribution is 7.89. The fourth-order valence-corrected chi connectivity index (χ4v) is 3.70. The molecular weight excluding hydrogens is 356 g/mol. The lowest BCUT2D eigenvalue weighted by Crippen LogP contribution is -2.32. The number of hydrogen-bond donors (Lipinski definition) is 2. The van der Waals surface area contributed by atoms with Crippen LogP contribution in [0.5, 0.6) is 0 Å².